The number of carbonyl (C=O) groups excluding carboxylic acids is 1. The molecule has 142 valence electrons. The zero-order chi connectivity index (χ0) is 19.2. The molecule has 2 amide bonds. The number of ether oxygens (including phenoxy) is 1. The predicted octanol–water partition coefficient (Wildman–Crippen LogP) is 4.60. The zero-order valence-electron chi connectivity index (χ0n) is 15.4. The third kappa shape index (κ3) is 5.00. The Morgan fingerprint density at radius 1 is 1.15 bits per heavy atom. The average molecular weight is 368 g/mol. The number of amides is 2. The third-order valence-electron chi connectivity index (χ3n) is 4.94. The number of hydrogen-bond donors (Lipinski definition) is 2. The number of carboxylic acid groups (broad SMARTS) is 1. The van der Waals surface area contributed by atoms with Crippen molar-refractivity contribution in [1.29, 1.82) is 0 Å². The van der Waals surface area contributed by atoms with Gasteiger partial charge in [0.2, 0.25) is 0 Å². The van der Waals surface area contributed by atoms with E-state index in [2.05, 4.69) is 5.32 Å². The molecule has 1 heterocycles. The molecule has 1 saturated heterocycles. The van der Waals surface area contributed by atoms with E-state index in [4.69, 9.17) is 9.84 Å². The van der Waals surface area contributed by atoms with E-state index in [1.54, 1.807) is 0 Å². The van der Waals surface area contributed by atoms with Crippen LogP contribution in [0, 0.1) is 6.92 Å². The molecule has 3 rings (SSSR count). The molecule has 0 atom stereocenters. The first-order valence-electron chi connectivity index (χ1n) is 9.09. The van der Waals surface area contributed by atoms with Crippen molar-refractivity contribution in [1.82, 2.24) is 4.90 Å². The lowest BCUT2D eigenvalue weighted by atomic mass is 9.86. The molecule has 27 heavy (non-hydrogen) atoms. The van der Waals surface area contributed by atoms with Crippen LogP contribution in [0.4, 0.5) is 15.3 Å². The Labute approximate surface area is 158 Å². The minimum absolute atomic E-state index is 0.221. The van der Waals surface area contributed by atoms with Gasteiger partial charge in [0.1, 0.15) is 6.61 Å². The summed E-state index contributed by atoms with van der Waals surface area (Å²) in [4.78, 5) is 24.6. The van der Waals surface area contributed by atoms with Gasteiger partial charge in [-0.3, -0.25) is 5.32 Å². The SMILES string of the molecule is Cc1ccc(NC(=O)OCc2ccccc2)cc1C1CCN(C(=O)O)CC1. The maximum absolute atomic E-state index is 12.1. The number of likely N-dealkylation sites (tertiary alicyclic amines) is 1. The largest absolute Gasteiger partial charge is 0.465 e. The molecule has 2 aromatic carbocycles. The second-order valence-corrected chi connectivity index (χ2v) is 6.80. The first kappa shape index (κ1) is 18.8. The number of nitrogens with one attached hydrogen (secondary N) is 1. The van der Waals surface area contributed by atoms with Crippen LogP contribution in [0.25, 0.3) is 0 Å². The topological polar surface area (TPSA) is 78.9 Å². The van der Waals surface area contributed by atoms with Crippen molar-refractivity contribution in [2.24, 2.45) is 0 Å². The lowest BCUT2D eigenvalue weighted by molar-refractivity contribution is 0.132. The van der Waals surface area contributed by atoms with Crippen molar-refractivity contribution in [3.8, 4) is 0 Å². The highest BCUT2D eigenvalue weighted by molar-refractivity contribution is 5.84. The molecule has 0 radical (unpaired) electrons. The first-order chi connectivity index (χ1) is 13.0. The van der Waals surface area contributed by atoms with Crippen LogP contribution in [0.1, 0.15) is 35.4 Å². The van der Waals surface area contributed by atoms with Crippen LogP contribution in [-0.2, 0) is 11.3 Å². The fourth-order valence-corrected chi connectivity index (χ4v) is 3.42. The molecule has 6 nitrogen and oxygen atoms in total. The summed E-state index contributed by atoms with van der Waals surface area (Å²) in [6.07, 6.45) is 0.223. The molecular formula is C21H24N2O4. The Balaban J connectivity index is 1.60. The lowest BCUT2D eigenvalue weighted by Gasteiger charge is -2.31. The molecule has 0 saturated carbocycles. The zero-order valence-corrected chi connectivity index (χ0v) is 15.4. The van der Waals surface area contributed by atoms with Crippen LogP contribution < -0.4 is 5.32 Å². The normalized spacial score (nSPS) is 14.6. The van der Waals surface area contributed by atoms with E-state index in [0.29, 0.717) is 24.7 Å². The van der Waals surface area contributed by atoms with Crippen molar-refractivity contribution < 1.29 is 19.4 Å². The van der Waals surface area contributed by atoms with Gasteiger partial charge in [0, 0.05) is 18.8 Å². The van der Waals surface area contributed by atoms with E-state index < -0.39 is 12.2 Å². The Morgan fingerprint density at radius 2 is 1.85 bits per heavy atom. The first-order valence-corrected chi connectivity index (χ1v) is 9.09. The minimum Gasteiger partial charge on any atom is -0.465 e. The van der Waals surface area contributed by atoms with Gasteiger partial charge >= 0.3 is 12.2 Å². The maximum Gasteiger partial charge on any atom is 0.411 e. The van der Waals surface area contributed by atoms with Gasteiger partial charge in [-0.1, -0.05) is 36.4 Å². The highest BCUT2D eigenvalue weighted by Gasteiger charge is 2.24. The average Bonchev–Trinajstić information content (AvgIpc) is 2.69. The molecule has 1 fully saturated rings. The summed E-state index contributed by atoms with van der Waals surface area (Å²) < 4.78 is 5.27. The van der Waals surface area contributed by atoms with E-state index in [1.165, 1.54) is 4.90 Å². The van der Waals surface area contributed by atoms with E-state index in [9.17, 15) is 9.59 Å². The van der Waals surface area contributed by atoms with Crippen LogP contribution in [-0.4, -0.2) is 35.3 Å². The fourth-order valence-electron chi connectivity index (χ4n) is 3.42. The summed E-state index contributed by atoms with van der Waals surface area (Å²) in [6, 6.07) is 15.3. The number of aryl methyl sites for hydroxylation is 1. The molecule has 2 N–H and O–H groups in total. The van der Waals surface area contributed by atoms with Crippen LogP contribution in [0.2, 0.25) is 0 Å². The van der Waals surface area contributed by atoms with Gasteiger partial charge in [-0.2, -0.15) is 0 Å². The monoisotopic (exact) mass is 368 g/mol. The Bertz CT molecular complexity index is 799. The van der Waals surface area contributed by atoms with Gasteiger partial charge in [0.05, 0.1) is 0 Å². The minimum atomic E-state index is -0.859. The van der Waals surface area contributed by atoms with Crippen molar-refractivity contribution in [2.45, 2.75) is 32.3 Å². The number of rotatable bonds is 4. The molecule has 1 aliphatic rings. The van der Waals surface area contributed by atoms with Crippen molar-refractivity contribution in [2.75, 3.05) is 18.4 Å². The molecule has 0 unspecified atom stereocenters. The van der Waals surface area contributed by atoms with Crippen molar-refractivity contribution in [3.05, 3.63) is 65.2 Å². The van der Waals surface area contributed by atoms with Crippen LogP contribution in [0.3, 0.4) is 0 Å². The molecule has 0 spiro atoms. The van der Waals surface area contributed by atoms with Gasteiger partial charge in [-0.25, -0.2) is 9.59 Å². The van der Waals surface area contributed by atoms with Crippen molar-refractivity contribution >= 4 is 17.9 Å². The van der Waals surface area contributed by atoms with Crippen LogP contribution in [0.5, 0.6) is 0 Å². The number of hydrogen-bond acceptors (Lipinski definition) is 3. The number of carbonyl (C=O) groups is 2. The van der Waals surface area contributed by atoms with E-state index in [-0.39, 0.29) is 6.61 Å². The molecule has 0 bridgehead atoms. The van der Waals surface area contributed by atoms with Gasteiger partial charge in [-0.15, -0.1) is 0 Å². The lowest BCUT2D eigenvalue weighted by Crippen LogP contribution is -2.36. The molecular weight excluding hydrogens is 344 g/mol. The highest BCUT2D eigenvalue weighted by Crippen LogP contribution is 2.32. The Hall–Kier alpha value is -3.02. The van der Waals surface area contributed by atoms with Gasteiger partial charge < -0.3 is 14.7 Å². The summed E-state index contributed by atoms with van der Waals surface area (Å²) in [5, 5.41) is 11.9. The third-order valence-corrected chi connectivity index (χ3v) is 4.94. The second kappa shape index (κ2) is 8.58. The molecule has 1 aliphatic heterocycles. The molecule has 0 aliphatic carbocycles. The quantitative estimate of drug-likeness (QED) is 0.826. The highest BCUT2D eigenvalue weighted by atomic mass is 16.5. The van der Waals surface area contributed by atoms with Gasteiger partial charge in [0.25, 0.3) is 0 Å². The second-order valence-electron chi connectivity index (χ2n) is 6.80. The van der Waals surface area contributed by atoms with E-state index >= 15 is 0 Å². The Kier molecular flexibility index (Phi) is 5.96. The number of benzene rings is 2. The van der Waals surface area contributed by atoms with Gasteiger partial charge in [-0.05, 0) is 54.5 Å². The van der Waals surface area contributed by atoms with Crippen molar-refractivity contribution in [3.63, 3.8) is 0 Å². The summed E-state index contributed by atoms with van der Waals surface area (Å²) in [5.41, 5.74) is 3.92. The molecule has 0 aromatic heterocycles. The maximum atomic E-state index is 12.1. The summed E-state index contributed by atoms with van der Waals surface area (Å²) in [5.74, 6) is 0.294. The smallest absolute Gasteiger partial charge is 0.411 e. The number of piperidine rings is 1. The molecule has 2 aromatic rings. The molecule has 6 heteroatoms. The van der Waals surface area contributed by atoms with Crippen LogP contribution >= 0.6 is 0 Å². The summed E-state index contributed by atoms with van der Waals surface area (Å²) in [7, 11) is 0. The predicted molar refractivity (Wildman–Crippen MR) is 103 cm³/mol. The van der Waals surface area contributed by atoms with E-state index in [0.717, 1.165) is 29.5 Å². The van der Waals surface area contributed by atoms with E-state index in [1.807, 2.05) is 55.5 Å². The van der Waals surface area contributed by atoms with Crippen LogP contribution in [0.15, 0.2) is 48.5 Å². The Morgan fingerprint density at radius 3 is 2.52 bits per heavy atom. The number of nitrogens with zero attached hydrogens (tertiary/aromatic N) is 1. The number of anilines is 1. The summed E-state index contributed by atoms with van der Waals surface area (Å²) in [6.45, 7) is 3.34. The fraction of sp³-hybridized carbons (Fsp3) is 0.333. The standard InChI is InChI=1S/C21H24N2O4/c1-15-7-8-18(22-20(24)27-14-16-5-3-2-4-6-16)13-19(15)17-9-11-23(12-10-17)21(25)26/h2-8,13,17H,9-12,14H2,1H3,(H,22,24)(H,25,26). The summed E-state index contributed by atoms with van der Waals surface area (Å²) >= 11 is 0. The van der Waals surface area contributed by atoms with Gasteiger partial charge in [0.15, 0.2) is 0 Å².